The molecule has 0 fully saturated rings. The van der Waals surface area contributed by atoms with Crippen LogP contribution in [0.2, 0.25) is 18.1 Å². The molecule has 0 radical (unpaired) electrons. The van der Waals surface area contributed by atoms with Crippen LogP contribution in [-0.4, -0.2) is 14.4 Å². The molecule has 1 aliphatic carbocycles. The Labute approximate surface area is 139 Å². The fraction of sp³-hybridized carbons (Fsp3) is 0.700. The second-order valence-electron chi connectivity index (χ2n) is 7.91. The van der Waals surface area contributed by atoms with Crippen LogP contribution in [-0.2, 0) is 4.43 Å². The maximum Gasteiger partial charge on any atom is 0.192 e. The lowest BCUT2D eigenvalue weighted by Gasteiger charge is -2.40. The summed E-state index contributed by atoms with van der Waals surface area (Å²) in [6.07, 6.45) is 9.31. The first-order chi connectivity index (χ1) is 10.2. The smallest absolute Gasteiger partial charge is 0.192 e. The van der Waals surface area contributed by atoms with E-state index in [9.17, 15) is 0 Å². The van der Waals surface area contributed by atoms with E-state index in [0.29, 0.717) is 0 Å². The van der Waals surface area contributed by atoms with Crippen molar-refractivity contribution in [2.24, 2.45) is 0 Å². The van der Waals surface area contributed by atoms with Gasteiger partial charge in [-0.1, -0.05) is 58.6 Å². The highest BCUT2D eigenvalue weighted by Crippen LogP contribution is 2.39. The Kier molecular flexibility index (Phi) is 7.16. The minimum absolute atomic E-state index is 0.195. The molecule has 1 unspecified atom stereocenters. The van der Waals surface area contributed by atoms with Crippen LogP contribution >= 0.6 is 0 Å². The maximum absolute atomic E-state index is 6.61. The normalized spacial score (nSPS) is 19.2. The average molecular weight is 319 g/mol. The van der Waals surface area contributed by atoms with Crippen molar-refractivity contribution >= 4 is 8.32 Å². The predicted molar refractivity (Wildman–Crippen MR) is 100 cm³/mol. The molecule has 0 aromatic heterocycles. The van der Waals surface area contributed by atoms with Crippen molar-refractivity contribution in [2.45, 2.75) is 90.5 Å². The van der Waals surface area contributed by atoms with Crippen molar-refractivity contribution in [3.05, 3.63) is 23.8 Å². The molecule has 1 atom stereocenters. The fourth-order valence-corrected chi connectivity index (χ4v) is 3.56. The Morgan fingerprint density at radius 1 is 1.41 bits per heavy atom. The van der Waals surface area contributed by atoms with Crippen molar-refractivity contribution in [1.82, 2.24) is 0 Å². The van der Waals surface area contributed by atoms with Crippen LogP contribution in [0.25, 0.3) is 0 Å². The minimum atomic E-state index is -1.74. The summed E-state index contributed by atoms with van der Waals surface area (Å²) < 4.78 is 6.61. The molecule has 0 amide bonds. The summed E-state index contributed by atoms with van der Waals surface area (Å²) in [4.78, 5) is 0. The number of allylic oxidation sites excluding steroid dienone is 2. The third-order valence-electron chi connectivity index (χ3n) is 4.84. The first kappa shape index (κ1) is 19.3. The summed E-state index contributed by atoms with van der Waals surface area (Å²) in [6, 6.07) is 0. The van der Waals surface area contributed by atoms with Gasteiger partial charge < -0.3 is 4.43 Å². The molecule has 0 saturated heterocycles. The molecule has 0 saturated carbocycles. The lowest BCUT2D eigenvalue weighted by molar-refractivity contribution is 0.200. The molecular weight excluding hydrogens is 284 g/mol. The molecule has 0 aromatic rings. The topological polar surface area (TPSA) is 9.23 Å². The van der Waals surface area contributed by atoms with E-state index in [4.69, 9.17) is 4.43 Å². The number of unbranched alkanes of at least 4 members (excludes halogenated alkanes) is 1. The van der Waals surface area contributed by atoms with Gasteiger partial charge in [0.05, 0.1) is 6.10 Å². The summed E-state index contributed by atoms with van der Waals surface area (Å²) >= 11 is 0. The lowest BCUT2D eigenvalue weighted by atomic mass is 9.96. The van der Waals surface area contributed by atoms with E-state index in [1.165, 1.54) is 24.8 Å². The second-order valence-corrected chi connectivity index (χ2v) is 12.7. The summed E-state index contributed by atoms with van der Waals surface area (Å²) in [5.74, 6) is 6.63. The first-order valence-electron chi connectivity index (χ1n) is 8.75. The van der Waals surface area contributed by atoms with Gasteiger partial charge >= 0.3 is 0 Å². The quantitative estimate of drug-likeness (QED) is 0.431. The standard InChI is InChI=1S/C20H34OSi/c1-8-9-12-17(2)15-16-18-13-10-11-14-19(18)21-22(6,7)20(3,4)5/h13,19H,2,8-12,14H2,1,3-7H3. The van der Waals surface area contributed by atoms with Gasteiger partial charge in [-0.05, 0) is 55.8 Å². The molecule has 1 nitrogen and oxygen atoms in total. The third-order valence-corrected chi connectivity index (χ3v) is 9.33. The fourth-order valence-electron chi connectivity index (χ4n) is 2.25. The summed E-state index contributed by atoms with van der Waals surface area (Å²) in [5.41, 5.74) is 2.24. The van der Waals surface area contributed by atoms with E-state index in [0.717, 1.165) is 24.8 Å². The average Bonchev–Trinajstić information content (AvgIpc) is 2.42. The van der Waals surface area contributed by atoms with E-state index >= 15 is 0 Å². The van der Waals surface area contributed by atoms with Gasteiger partial charge in [0.25, 0.3) is 0 Å². The summed E-state index contributed by atoms with van der Waals surface area (Å²) in [7, 11) is -1.74. The van der Waals surface area contributed by atoms with Crippen LogP contribution in [0.5, 0.6) is 0 Å². The molecule has 0 bridgehead atoms. The maximum atomic E-state index is 6.61. The van der Waals surface area contributed by atoms with Crippen LogP contribution in [0.15, 0.2) is 23.8 Å². The van der Waals surface area contributed by atoms with Gasteiger partial charge in [0.1, 0.15) is 0 Å². The Morgan fingerprint density at radius 3 is 2.68 bits per heavy atom. The van der Waals surface area contributed by atoms with E-state index in [1.54, 1.807) is 0 Å². The predicted octanol–water partition coefficient (Wildman–Crippen LogP) is 6.24. The van der Waals surface area contributed by atoms with Crippen molar-refractivity contribution in [3.8, 4) is 11.8 Å². The zero-order valence-corrected chi connectivity index (χ0v) is 16.5. The molecule has 1 aliphatic rings. The monoisotopic (exact) mass is 318 g/mol. The van der Waals surface area contributed by atoms with E-state index in [1.807, 2.05) is 0 Å². The molecule has 0 spiro atoms. The van der Waals surface area contributed by atoms with Gasteiger partial charge in [-0.3, -0.25) is 0 Å². The Balaban J connectivity index is 2.79. The highest BCUT2D eigenvalue weighted by molar-refractivity contribution is 6.74. The zero-order valence-electron chi connectivity index (χ0n) is 15.5. The second kappa shape index (κ2) is 8.18. The highest BCUT2D eigenvalue weighted by Gasteiger charge is 2.39. The largest absolute Gasteiger partial charge is 0.409 e. The van der Waals surface area contributed by atoms with Crippen LogP contribution in [0.4, 0.5) is 0 Å². The lowest BCUT2D eigenvalue weighted by Crippen LogP contribution is -2.44. The van der Waals surface area contributed by atoms with Gasteiger partial charge in [0.2, 0.25) is 0 Å². The minimum Gasteiger partial charge on any atom is -0.409 e. The Morgan fingerprint density at radius 2 is 2.09 bits per heavy atom. The summed E-state index contributed by atoms with van der Waals surface area (Å²) in [6.45, 7) is 17.8. The number of rotatable bonds is 5. The number of hydrogen-bond acceptors (Lipinski definition) is 1. The van der Waals surface area contributed by atoms with E-state index < -0.39 is 8.32 Å². The molecule has 124 valence electrons. The summed E-state index contributed by atoms with van der Waals surface area (Å²) in [5, 5.41) is 0.244. The van der Waals surface area contributed by atoms with Crippen molar-refractivity contribution < 1.29 is 4.43 Å². The van der Waals surface area contributed by atoms with Crippen molar-refractivity contribution in [2.75, 3.05) is 0 Å². The molecule has 0 N–H and O–H groups in total. The van der Waals surface area contributed by atoms with Gasteiger partial charge in [-0.15, -0.1) is 0 Å². The van der Waals surface area contributed by atoms with Gasteiger partial charge in [0.15, 0.2) is 8.32 Å². The highest BCUT2D eigenvalue weighted by atomic mass is 28.4. The van der Waals surface area contributed by atoms with Gasteiger partial charge in [-0.25, -0.2) is 0 Å². The molecule has 2 heteroatoms. The molecular formula is C20H34OSi. The third kappa shape index (κ3) is 5.78. The van der Waals surface area contributed by atoms with Crippen LogP contribution in [0.1, 0.15) is 66.2 Å². The van der Waals surface area contributed by atoms with E-state index in [-0.39, 0.29) is 11.1 Å². The molecule has 1 rings (SSSR count). The van der Waals surface area contributed by atoms with Gasteiger partial charge in [-0.2, -0.15) is 0 Å². The first-order valence-corrected chi connectivity index (χ1v) is 11.7. The molecule has 0 aliphatic heterocycles. The number of hydrogen-bond donors (Lipinski definition) is 0. The van der Waals surface area contributed by atoms with Crippen molar-refractivity contribution in [1.29, 1.82) is 0 Å². The van der Waals surface area contributed by atoms with Crippen LogP contribution in [0, 0.1) is 11.8 Å². The van der Waals surface area contributed by atoms with Crippen molar-refractivity contribution in [3.63, 3.8) is 0 Å². The molecule has 0 heterocycles. The molecule has 22 heavy (non-hydrogen) atoms. The van der Waals surface area contributed by atoms with Crippen LogP contribution < -0.4 is 0 Å². The van der Waals surface area contributed by atoms with Gasteiger partial charge in [0, 0.05) is 5.57 Å². The SMILES string of the molecule is C=C(C#CC1=CCCCC1O[Si](C)(C)C(C)(C)C)CCCC. The Hall–Kier alpha value is -0.783. The Bertz CT molecular complexity index is 468. The van der Waals surface area contributed by atoms with E-state index in [2.05, 4.69) is 65.3 Å². The molecule has 0 aromatic carbocycles. The van der Waals surface area contributed by atoms with Crippen LogP contribution in [0.3, 0.4) is 0 Å². The zero-order chi connectivity index (χ0) is 16.8.